The summed E-state index contributed by atoms with van der Waals surface area (Å²) in [4.78, 5) is 14.3. The van der Waals surface area contributed by atoms with Gasteiger partial charge in [0.1, 0.15) is 0 Å². The summed E-state index contributed by atoms with van der Waals surface area (Å²) in [6.07, 6.45) is 5.32. The molecule has 0 bridgehead atoms. The Morgan fingerprint density at radius 2 is 2.26 bits per heavy atom. The minimum absolute atomic E-state index is 0.170. The highest BCUT2D eigenvalue weighted by molar-refractivity contribution is 9.10. The number of hydrogen-bond donors (Lipinski definition) is 1. The van der Waals surface area contributed by atoms with Crippen LogP contribution in [0.25, 0.3) is 10.9 Å². The zero-order chi connectivity index (χ0) is 13.5. The Balaban J connectivity index is 1.82. The van der Waals surface area contributed by atoms with E-state index in [0.29, 0.717) is 6.61 Å². The lowest BCUT2D eigenvalue weighted by Gasteiger charge is -2.14. The molecule has 1 fully saturated rings. The molecule has 3 nitrogen and oxygen atoms in total. The second kappa shape index (κ2) is 4.67. The van der Waals surface area contributed by atoms with Crippen molar-refractivity contribution in [3.8, 4) is 0 Å². The number of aromatic nitrogens is 1. The Hall–Kier alpha value is -1.29. The highest BCUT2D eigenvalue weighted by Crippen LogP contribution is 2.49. The number of H-pyrrole nitrogens is 1. The van der Waals surface area contributed by atoms with Gasteiger partial charge in [0.25, 0.3) is 0 Å². The molecule has 19 heavy (non-hydrogen) atoms. The van der Waals surface area contributed by atoms with Gasteiger partial charge in [0.05, 0.1) is 12.1 Å². The van der Waals surface area contributed by atoms with Crippen LogP contribution in [0, 0.1) is 5.41 Å². The SMILES string of the molecule is CC(=O)OCC1(Cc2c[nH]c3c(Br)cccc23)CC1. The third kappa shape index (κ3) is 2.54. The molecule has 0 saturated heterocycles. The highest BCUT2D eigenvalue weighted by atomic mass is 79.9. The van der Waals surface area contributed by atoms with Crippen molar-refractivity contribution in [2.24, 2.45) is 5.41 Å². The zero-order valence-electron chi connectivity index (χ0n) is 10.8. The molecule has 0 spiro atoms. The second-order valence-electron chi connectivity index (χ2n) is 5.43. The first kappa shape index (κ1) is 12.7. The van der Waals surface area contributed by atoms with Crippen LogP contribution in [-0.4, -0.2) is 17.6 Å². The van der Waals surface area contributed by atoms with Gasteiger partial charge in [0.15, 0.2) is 0 Å². The molecule has 2 aromatic rings. The maximum Gasteiger partial charge on any atom is 0.302 e. The maximum atomic E-state index is 10.9. The molecular formula is C15H16BrNO2. The van der Waals surface area contributed by atoms with E-state index in [2.05, 4.69) is 39.2 Å². The zero-order valence-corrected chi connectivity index (χ0v) is 12.4. The summed E-state index contributed by atoms with van der Waals surface area (Å²) in [7, 11) is 0. The van der Waals surface area contributed by atoms with Crippen LogP contribution in [0.4, 0.5) is 0 Å². The van der Waals surface area contributed by atoms with Crippen LogP contribution >= 0.6 is 15.9 Å². The lowest BCUT2D eigenvalue weighted by atomic mass is 9.97. The van der Waals surface area contributed by atoms with Gasteiger partial charge in [-0.1, -0.05) is 12.1 Å². The molecule has 0 atom stereocenters. The van der Waals surface area contributed by atoms with Crippen molar-refractivity contribution >= 4 is 32.8 Å². The molecule has 0 aliphatic heterocycles. The van der Waals surface area contributed by atoms with E-state index >= 15 is 0 Å². The van der Waals surface area contributed by atoms with Crippen LogP contribution in [0.2, 0.25) is 0 Å². The van der Waals surface area contributed by atoms with Crippen molar-refractivity contribution < 1.29 is 9.53 Å². The van der Waals surface area contributed by atoms with Crippen molar-refractivity contribution in [3.05, 3.63) is 34.4 Å². The molecule has 4 heteroatoms. The average Bonchev–Trinajstić information content (AvgIpc) is 3.02. The Labute approximate surface area is 120 Å². The number of hydrogen-bond acceptors (Lipinski definition) is 2. The van der Waals surface area contributed by atoms with Gasteiger partial charge in [0.2, 0.25) is 0 Å². The minimum Gasteiger partial charge on any atom is -0.465 e. The van der Waals surface area contributed by atoms with Crippen molar-refractivity contribution in [2.75, 3.05) is 6.61 Å². The summed E-state index contributed by atoms with van der Waals surface area (Å²) in [5.74, 6) is -0.187. The van der Waals surface area contributed by atoms with E-state index in [1.807, 2.05) is 6.07 Å². The summed E-state index contributed by atoms with van der Waals surface area (Å²) in [5.41, 5.74) is 2.62. The lowest BCUT2D eigenvalue weighted by molar-refractivity contribution is -0.142. The second-order valence-corrected chi connectivity index (χ2v) is 6.29. The van der Waals surface area contributed by atoms with E-state index in [4.69, 9.17) is 4.74 Å². The van der Waals surface area contributed by atoms with Crippen LogP contribution in [0.5, 0.6) is 0 Å². The number of esters is 1. The molecule has 100 valence electrons. The van der Waals surface area contributed by atoms with Gasteiger partial charge in [-0.25, -0.2) is 0 Å². The predicted molar refractivity (Wildman–Crippen MR) is 78.0 cm³/mol. The molecule has 1 aliphatic rings. The van der Waals surface area contributed by atoms with E-state index < -0.39 is 0 Å². The normalized spacial score (nSPS) is 16.5. The number of aromatic amines is 1. The molecular weight excluding hydrogens is 306 g/mol. The van der Waals surface area contributed by atoms with Crippen molar-refractivity contribution in [2.45, 2.75) is 26.2 Å². The summed E-state index contributed by atoms with van der Waals surface area (Å²) in [5, 5.41) is 1.25. The van der Waals surface area contributed by atoms with Gasteiger partial charge in [-0.05, 0) is 46.8 Å². The smallest absolute Gasteiger partial charge is 0.302 e. The van der Waals surface area contributed by atoms with Crippen molar-refractivity contribution in [1.82, 2.24) is 4.98 Å². The van der Waals surface area contributed by atoms with Gasteiger partial charge >= 0.3 is 5.97 Å². The van der Waals surface area contributed by atoms with Crippen molar-refractivity contribution in [1.29, 1.82) is 0 Å². The van der Waals surface area contributed by atoms with Gasteiger partial charge in [-0.15, -0.1) is 0 Å². The number of benzene rings is 1. The summed E-state index contributed by atoms with van der Waals surface area (Å²) >= 11 is 3.55. The average molecular weight is 322 g/mol. The van der Waals surface area contributed by atoms with Crippen LogP contribution in [0.1, 0.15) is 25.3 Å². The first-order valence-corrected chi connectivity index (χ1v) is 7.27. The number of carbonyl (C=O) groups excluding carboxylic acids is 1. The number of para-hydroxylation sites is 1. The molecule has 1 saturated carbocycles. The minimum atomic E-state index is -0.187. The predicted octanol–water partition coefficient (Wildman–Crippen LogP) is 3.82. The standard InChI is InChI=1S/C15H16BrNO2/c1-10(18)19-9-15(5-6-15)7-11-8-17-14-12(11)3-2-4-13(14)16/h2-4,8,17H,5-7,9H2,1H3. The van der Waals surface area contributed by atoms with E-state index in [0.717, 1.165) is 29.3 Å². The topological polar surface area (TPSA) is 42.1 Å². The largest absolute Gasteiger partial charge is 0.465 e. The monoisotopic (exact) mass is 321 g/mol. The Morgan fingerprint density at radius 3 is 2.95 bits per heavy atom. The van der Waals surface area contributed by atoms with Gasteiger partial charge in [0, 0.05) is 28.4 Å². The van der Waals surface area contributed by atoms with E-state index in [1.54, 1.807) is 0 Å². The lowest BCUT2D eigenvalue weighted by Crippen LogP contribution is -2.15. The molecule has 1 aromatic carbocycles. The molecule has 0 radical (unpaired) electrons. The Bertz CT molecular complexity index is 628. The summed E-state index contributed by atoms with van der Waals surface area (Å²) in [6, 6.07) is 6.22. The highest BCUT2D eigenvalue weighted by Gasteiger charge is 2.44. The quantitative estimate of drug-likeness (QED) is 0.870. The fourth-order valence-electron chi connectivity index (χ4n) is 2.53. The molecule has 1 aromatic heterocycles. The van der Waals surface area contributed by atoms with E-state index in [9.17, 15) is 4.79 Å². The molecule has 1 aliphatic carbocycles. The number of rotatable bonds is 4. The fraction of sp³-hybridized carbons (Fsp3) is 0.400. The molecule has 0 amide bonds. The third-order valence-corrected chi connectivity index (χ3v) is 4.52. The Kier molecular flexibility index (Phi) is 3.13. The maximum absolute atomic E-state index is 10.9. The van der Waals surface area contributed by atoms with E-state index in [-0.39, 0.29) is 11.4 Å². The first-order chi connectivity index (χ1) is 9.10. The summed E-state index contributed by atoms with van der Waals surface area (Å²) < 4.78 is 6.28. The van der Waals surface area contributed by atoms with Crippen LogP contribution in [0.3, 0.4) is 0 Å². The molecule has 1 heterocycles. The summed E-state index contributed by atoms with van der Waals surface area (Å²) in [6.45, 7) is 2.02. The number of halogens is 1. The number of carbonyl (C=O) groups is 1. The number of nitrogens with one attached hydrogen (secondary N) is 1. The van der Waals surface area contributed by atoms with Gasteiger partial charge < -0.3 is 9.72 Å². The fourth-order valence-corrected chi connectivity index (χ4v) is 3.01. The van der Waals surface area contributed by atoms with Crippen LogP contribution < -0.4 is 0 Å². The van der Waals surface area contributed by atoms with Gasteiger partial charge in [-0.2, -0.15) is 0 Å². The molecule has 1 N–H and O–H groups in total. The van der Waals surface area contributed by atoms with Crippen LogP contribution in [0.15, 0.2) is 28.9 Å². The first-order valence-electron chi connectivity index (χ1n) is 6.48. The van der Waals surface area contributed by atoms with E-state index in [1.165, 1.54) is 17.9 Å². The van der Waals surface area contributed by atoms with Crippen LogP contribution in [-0.2, 0) is 16.0 Å². The van der Waals surface area contributed by atoms with Gasteiger partial charge in [-0.3, -0.25) is 4.79 Å². The number of fused-ring (bicyclic) bond motifs is 1. The number of ether oxygens (including phenoxy) is 1. The molecule has 3 rings (SSSR count). The molecule has 0 unspecified atom stereocenters. The Morgan fingerprint density at radius 1 is 1.47 bits per heavy atom. The van der Waals surface area contributed by atoms with Crippen molar-refractivity contribution in [3.63, 3.8) is 0 Å². The third-order valence-electron chi connectivity index (χ3n) is 3.85.